The van der Waals surface area contributed by atoms with Gasteiger partial charge in [-0.15, -0.1) is 0 Å². The van der Waals surface area contributed by atoms with Crippen molar-refractivity contribution in [1.82, 2.24) is 0 Å². The lowest BCUT2D eigenvalue weighted by Crippen LogP contribution is -2.11. The van der Waals surface area contributed by atoms with Crippen LogP contribution in [0.15, 0.2) is 204 Å². The number of anilines is 3. The van der Waals surface area contributed by atoms with Gasteiger partial charge < -0.3 is 9.32 Å². The molecule has 244 valence electrons. The first kappa shape index (κ1) is 22.7. The predicted octanol–water partition coefficient (Wildman–Crippen LogP) is 14.4. The molecule has 0 unspecified atom stereocenters. The van der Waals surface area contributed by atoms with Gasteiger partial charge in [0.1, 0.15) is 11.2 Å². The van der Waals surface area contributed by atoms with Crippen molar-refractivity contribution in [3.8, 4) is 33.4 Å². The van der Waals surface area contributed by atoms with Gasteiger partial charge in [0.2, 0.25) is 0 Å². The molecular formula is C50H33NO. The lowest BCUT2D eigenvalue weighted by Gasteiger charge is -2.28. The Hall–Kier alpha value is -6.90. The van der Waals surface area contributed by atoms with Gasteiger partial charge in [-0.1, -0.05) is 158 Å². The SMILES string of the molecule is [2H]c1c([2H])c(N(c2ccccc2-c2cccc3ccc4c5ccccc5oc4c23)c2c([2H])c([2H])c(-c3cccc4ccccc34)c([2H])c2[2H])c([2H])c([2H])c1-c1ccccc1. The number of fused-ring (bicyclic) bond motifs is 6. The summed E-state index contributed by atoms with van der Waals surface area (Å²) in [6.07, 6.45) is 0. The zero-order valence-electron chi connectivity index (χ0n) is 35.8. The molecule has 0 bridgehead atoms. The molecular weight excluding hydrogens is 631 g/mol. The Morgan fingerprint density at radius 2 is 0.981 bits per heavy atom. The quantitative estimate of drug-likeness (QED) is 0.175. The van der Waals surface area contributed by atoms with Crippen LogP contribution in [0.5, 0.6) is 0 Å². The van der Waals surface area contributed by atoms with E-state index in [0.717, 1.165) is 43.5 Å². The highest BCUT2D eigenvalue weighted by atomic mass is 16.3. The standard InChI is InChI=1S/C50H33NO/c1-2-12-34(13-3-1)35-24-29-39(30-25-35)51(40-31-26-37(27-32-40)42-20-10-15-36-14-4-5-17-41(36)42)47-22-8-6-18-43(47)45-21-11-16-38-28-33-46-44-19-7-9-23-48(44)52-50(46)49(38)45/h1-33H/i24D,25D,26D,27D,29D,30D,31D,32D. The largest absolute Gasteiger partial charge is 0.455 e. The van der Waals surface area contributed by atoms with E-state index in [1.165, 1.54) is 4.90 Å². The minimum absolute atomic E-state index is 0.106. The third kappa shape index (κ3) is 5.04. The van der Waals surface area contributed by atoms with Crippen LogP contribution in [0.1, 0.15) is 11.0 Å². The zero-order valence-corrected chi connectivity index (χ0v) is 27.8. The molecule has 1 aromatic heterocycles. The van der Waals surface area contributed by atoms with Gasteiger partial charge in [-0.05, 0) is 86.3 Å². The van der Waals surface area contributed by atoms with E-state index < -0.39 is 24.2 Å². The van der Waals surface area contributed by atoms with Crippen LogP contribution in [0.4, 0.5) is 17.1 Å². The van der Waals surface area contributed by atoms with Crippen LogP contribution < -0.4 is 4.90 Å². The molecule has 0 amide bonds. The lowest BCUT2D eigenvalue weighted by molar-refractivity contribution is 0.673. The summed E-state index contributed by atoms with van der Waals surface area (Å²) in [4.78, 5) is 1.39. The molecule has 0 saturated carbocycles. The van der Waals surface area contributed by atoms with E-state index in [4.69, 9.17) is 4.42 Å². The first-order chi connectivity index (χ1) is 29.2. The Balaban J connectivity index is 1.31. The predicted molar refractivity (Wildman–Crippen MR) is 220 cm³/mol. The van der Waals surface area contributed by atoms with Crippen LogP contribution in [0, 0.1) is 0 Å². The Morgan fingerprint density at radius 1 is 0.385 bits per heavy atom. The number of hydrogen-bond donors (Lipinski definition) is 0. The molecule has 0 aliphatic carbocycles. The maximum absolute atomic E-state index is 9.70. The minimum Gasteiger partial charge on any atom is -0.455 e. The fourth-order valence-corrected chi connectivity index (χ4v) is 7.19. The van der Waals surface area contributed by atoms with Crippen molar-refractivity contribution >= 4 is 60.5 Å². The molecule has 0 aliphatic rings. The summed E-state index contributed by atoms with van der Waals surface area (Å²) in [5.41, 5.74) is 3.82. The van der Waals surface area contributed by atoms with E-state index in [-0.39, 0.29) is 46.7 Å². The molecule has 2 heteroatoms. The van der Waals surface area contributed by atoms with Crippen LogP contribution in [0.3, 0.4) is 0 Å². The highest BCUT2D eigenvalue weighted by Gasteiger charge is 2.21. The Labute approximate surface area is 313 Å². The van der Waals surface area contributed by atoms with Gasteiger partial charge in [0.25, 0.3) is 0 Å². The number of para-hydroxylation sites is 2. The first-order valence-electron chi connectivity index (χ1n) is 21.1. The molecule has 0 fully saturated rings. The van der Waals surface area contributed by atoms with Gasteiger partial charge in [0.15, 0.2) is 0 Å². The summed E-state index contributed by atoms with van der Waals surface area (Å²) in [6, 6.07) is 44.0. The molecule has 2 nitrogen and oxygen atoms in total. The van der Waals surface area contributed by atoms with Crippen molar-refractivity contribution in [2.24, 2.45) is 0 Å². The smallest absolute Gasteiger partial charge is 0.143 e. The highest BCUT2D eigenvalue weighted by Crippen LogP contribution is 2.46. The highest BCUT2D eigenvalue weighted by molar-refractivity contribution is 6.19. The molecule has 0 radical (unpaired) electrons. The van der Waals surface area contributed by atoms with Crippen LogP contribution >= 0.6 is 0 Å². The van der Waals surface area contributed by atoms with E-state index in [1.54, 1.807) is 42.5 Å². The molecule has 0 N–H and O–H groups in total. The molecule has 10 rings (SSSR count). The summed E-state index contributed by atoms with van der Waals surface area (Å²) < 4.78 is 82.8. The zero-order chi connectivity index (χ0) is 41.4. The van der Waals surface area contributed by atoms with E-state index >= 15 is 0 Å². The number of hydrogen-bond acceptors (Lipinski definition) is 2. The fraction of sp³-hybridized carbons (Fsp3) is 0. The lowest BCUT2D eigenvalue weighted by atomic mass is 9.94. The third-order valence-corrected chi connectivity index (χ3v) is 9.61. The second-order valence-corrected chi connectivity index (χ2v) is 12.6. The monoisotopic (exact) mass is 671 g/mol. The van der Waals surface area contributed by atoms with Crippen molar-refractivity contribution < 1.29 is 15.4 Å². The molecule has 0 atom stereocenters. The molecule has 9 aromatic carbocycles. The van der Waals surface area contributed by atoms with Gasteiger partial charge in [-0.3, -0.25) is 0 Å². The summed E-state index contributed by atoms with van der Waals surface area (Å²) in [6.45, 7) is 0. The normalized spacial score (nSPS) is 13.6. The first-order valence-corrected chi connectivity index (χ1v) is 17.1. The molecule has 10 aromatic rings. The molecule has 0 saturated heterocycles. The molecule has 52 heavy (non-hydrogen) atoms. The number of benzene rings is 9. The Morgan fingerprint density at radius 3 is 1.79 bits per heavy atom. The van der Waals surface area contributed by atoms with Crippen molar-refractivity contribution in [3.05, 3.63) is 200 Å². The van der Waals surface area contributed by atoms with E-state index in [1.807, 2.05) is 109 Å². The summed E-state index contributed by atoms with van der Waals surface area (Å²) in [7, 11) is 0. The molecule has 1 heterocycles. The average molecular weight is 672 g/mol. The minimum atomic E-state index is -0.407. The molecule has 0 spiro atoms. The van der Waals surface area contributed by atoms with Crippen LogP contribution in [-0.2, 0) is 0 Å². The Kier molecular flexibility index (Phi) is 5.45. The number of nitrogens with zero attached hydrogens (tertiary/aromatic N) is 1. The second kappa shape index (κ2) is 12.5. The summed E-state index contributed by atoms with van der Waals surface area (Å²) in [5, 5.41) is 5.20. The van der Waals surface area contributed by atoms with Gasteiger partial charge in [0.05, 0.1) is 16.7 Å². The van der Waals surface area contributed by atoms with Crippen LogP contribution in [0.2, 0.25) is 0 Å². The van der Waals surface area contributed by atoms with E-state index in [2.05, 4.69) is 0 Å². The van der Waals surface area contributed by atoms with Crippen molar-refractivity contribution in [3.63, 3.8) is 0 Å². The topological polar surface area (TPSA) is 16.4 Å². The Bertz CT molecular complexity index is 3320. The van der Waals surface area contributed by atoms with Crippen molar-refractivity contribution in [2.45, 2.75) is 0 Å². The average Bonchev–Trinajstić information content (AvgIpc) is 3.67. The van der Waals surface area contributed by atoms with E-state index in [0.29, 0.717) is 28.0 Å². The van der Waals surface area contributed by atoms with Gasteiger partial charge >= 0.3 is 0 Å². The van der Waals surface area contributed by atoms with Crippen LogP contribution in [0.25, 0.3) is 76.9 Å². The van der Waals surface area contributed by atoms with Gasteiger partial charge in [-0.2, -0.15) is 0 Å². The van der Waals surface area contributed by atoms with Crippen molar-refractivity contribution in [2.75, 3.05) is 4.90 Å². The van der Waals surface area contributed by atoms with Crippen molar-refractivity contribution in [1.29, 1.82) is 0 Å². The third-order valence-electron chi connectivity index (χ3n) is 9.61. The summed E-state index contributed by atoms with van der Waals surface area (Å²) >= 11 is 0. The van der Waals surface area contributed by atoms with Gasteiger partial charge in [0, 0.05) is 33.1 Å². The maximum atomic E-state index is 9.70. The number of furan rings is 1. The second-order valence-electron chi connectivity index (χ2n) is 12.6. The maximum Gasteiger partial charge on any atom is 0.143 e. The fourth-order valence-electron chi connectivity index (χ4n) is 7.19. The summed E-state index contributed by atoms with van der Waals surface area (Å²) in [5.74, 6) is 0. The van der Waals surface area contributed by atoms with Gasteiger partial charge in [-0.25, -0.2) is 0 Å². The number of rotatable bonds is 6. The van der Waals surface area contributed by atoms with Crippen LogP contribution in [-0.4, -0.2) is 0 Å². The van der Waals surface area contributed by atoms with E-state index in [9.17, 15) is 11.0 Å². The molecule has 0 aliphatic heterocycles.